The van der Waals surface area contributed by atoms with E-state index in [2.05, 4.69) is 20.3 Å². The third-order valence-electron chi connectivity index (χ3n) is 2.10. The summed E-state index contributed by atoms with van der Waals surface area (Å²) in [6.45, 7) is 11.7. The Bertz CT molecular complexity index is 430. The van der Waals surface area contributed by atoms with E-state index in [9.17, 15) is 0 Å². The molecule has 6 heteroatoms. The first-order valence-corrected chi connectivity index (χ1v) is 6.00. The molecule has 6 nitrogen and oxygen atoms in total. The van der Waals surface area contributed by atoms with Crippen molar-refractivity contribution in [1.82, 2.24) is 20.3 Å². The molecule has 0 spiro atoms. The molecular weight excluding hydrogens is 232 g/mol. The third-order valence-corrected chi connectivity index (χ3v) is 2.10. The molecule has 0 unspecified atom stereocenters. The lowest BCUT2D eigenvalue weighted by atomic mass is 10.2. The number of aromatic nitrogens is 4. The van der Waals surface area contributed by atoms with Crippen molar-refractivity contribution in [2.24, 2.45) is 0 Å². The van der Waals surface area contributed by atoms with Crippen molar-refractivity contribution in [3.8, 4) is 0 Å². The van der Waals surface area contributed by atoms with Gasteiger partial charge in [0.05, 0.1) is 0 Å². The topological polar surface area (TPSA) is 77.8 Å². The van der Waals surface area contributed by atoms with Gasteiger partial charge in [0.1, 0.15) is 0 Å². The summed E-state index contributed by atoms with van der Waals surface area (Å²) in [4.78, 5) is 8.06. The lowest BCUT2D eigenvalue weighted by molar-refractivity contribution is 0.362. The van der Waals surface area contributed by atoms with E-state index < -0.39 is 0 Å². The molecule has 0 bridgehead atoms. The van der Waals surface area contributed by atoms with Crippen molar-refractivity contribution < 1.29 is 9.05 Å². The Morgan fingerprint density at radius 1 is 0.833 bits per heavy atom. The van der Waals surface area contributed by atoms with Crippen LogP contribution in [0.4, 0.5) is 0 Å². The molecule has 0 atom stereocenters. The normalized spacial score (nSPS) is 10.7. The quantitative estimate of drug-likeness (QED) is 0.817. The van der Waals surface area contributed by atoms with E-state index in [0.717, 1.165) is 5.82 Å². The van der Waals surface area contributed by atoms with Gasteiger partial charge in [-0.25, -0.2) is 0 Å². The zero-order valence-electron chi connectivity index (χ0n) is 11.8. The van der Waals surface area contributed by atoms with E-state index in [0.29, 0.717) is 29.4 Å². The van der Waals surface area contributed by atoms with Crippen LogP contribution in [0.25, 0.3) is 0 Å². The zero-order valence-corrected chi connectivity index (χ0v) is 11.8. The summed E-state index contributed by atoms with van der Waals surface area (Å²) in [6, 6.07) is 0. The molecule has 2 aromatic heterocycles. The second kappa shape index (κ2) is 6.28. The van der Waals surface area contributed by atoms with Crippen molar-refractivity contribution in [3.63, 3.8) is 0 Å². The Balaban J connectivity index is 0.000000180. The zero-order chi connectivity index (χ0) is 13.7. The first kappa shape index (κ1) is 14.3. The highest BCUT2D eigenvalue weighted by molar-refractivity contribution is 4.89. The fourth-order valence-electron chi connectivity index (χ4n) is 1.10. The molecule has 2 aromatic rings. The molecule has 0 aliphatic rings. The number of nitrogens with zero attached hydrogens (tertiary/aromatic N) is 4. The lowest BCUT2D eigenvalue weighted by Crippen LogP contribution is -1.88. The monoisotopic (exact) mass is 252 g/mol. The van der Waals surface area contributed by atoms with Crippen LogP contribution >= 0.6 is 0 Å². The smallest absolute Gasteiger partial charge is 0.229 e. The predicted octanol–water partition coefficient (Wildman–Crippen LogP) is 3.00. The largest absolute Gasteiger partial charge is 0.340 e. The Labute approximate surface area is 107 Å². The minimum Gasteiger partial charge on any atom is -0.340 e. The van der Waals surface area contributed by atoms with Crippen LogP contribution in [0.1, 0.15) is 63.0 Å². The standard InChI is InChI=1S/2C6H10N2O/c1-4(2)6-7-5(3)9-8-6;1-4(2)6-7-5(3)8-9-6/h2*4H,1-3H3. The molecule has 2 rings (SSSR count). The highest BCUT2D eigenvalue weighted by Crippen LogP contribution is 2.09. The van der Waals surface area contributed by atoms with E-state index in [1.807, 2.05) is 34.6 Å². The van der Waals surface area contributed by atoms with Gasteiger partial charge in [-0.15, -0.1) is 0 Å². The van der Waals surface area contributed by atoms with Crippen LogP contribution in [0.3, 0.4) is 0 Å². The van der Waals surface area contributed by atoms with Gasteiger partial charge in [-0.1, -0.05) is 38.0 Å². The SMILES string of the molecule is Cc1nc(C(C)C)no1.Cc1noc(C(C)C)n1. The van der Waals surface area contributed by atoms with Crippen molar-refractivity contribution in [1.29, 1.82) is 0 Å². The van der Waals surface area contributed by atoms with E-state index in [1.165, 1.54) is 0 Å². The molecule has 0 N–H and O–H groups in total. The van der Waals surface area contributed by atoms with Crippen molar-refractivity contribution in [2.45, 2.75) is 53.4 Å². The maximum atomic E-state index is 4.86. The fraction of sp³-hybridized carbons (Fsp3) is 0.667. The second-order valence-electron chi connectivity index (χ2n) is 4.66. The Morgan fingerprint density at radius 2 is 1.50 bits per heavy atom. The highest BCUT2D eigenvalue weighted by atomic mass is 16.5. The van der Waals surface area contributed by atoms with Gasteiger partial charge < -0.3 is 9.05 Å². The summed E-state index contributed by atoms with van der Waals surface area (Å²) in [5.41, 5.74) is 0. The lowest BCUT2D eigenvalue weighted by Gasteiger charge is -1.91. The molecule has 18 heavy (non-hydrogen) atoms. The van der Waals surface area contributed by atoms with Gasteiger partial charge in [0.15, 0.2) is 11.6 Å². The Hall–Kier alpha value is -1.72. The minimum atomic E-state index is 0.339. The first-order valence-electron chi connectivity index (χ1n) is 6.00. The molecule has 0 aliphatic carbocycles. The highest BCUT2D eigenvalue weighted by Gasteiger charge is 2.05. The Kier molecular flexibility index (Phi) is 5.00. The fourth-order valence-corrected chi connectivity index (χ4v) is 1.10. The average Bonchev–Trinajstić information content (AvgIpc) is 2.88. The van der Waals surface area contributed by atoms with Crippen LogP contribution in [-0.4, -0.2) is 20.3 Å². The maximum Gasteiger partial charge on any atom is 0.229 e. The van der Waals surface area contributed by atoms with Crippen LogP contribution < -0.4 is 0 Å². The van der Waals surface area contributed by atoms with Gasteiger partial charge in [-0.2, -0.15) is 9.97 Å². The summed E-state index contributed by atoms with van der Waals surface area (Å²) in [7, 11) is 0. The van der Waals surface area contributed by atoms with Crippen LogP contribution in [0.5, 0.6) is 0 Å². The molecule has 0 radical (unpaired) electrons. The van der Waals surface area contributed by atoms with Crippen molar-refractivity contribution in [3.05, 3.63) is 23.4 Å². The first-order chi connectivity index (χ1) is 8.40. The number of hydrogen-bond acceptors (Lipinski definition) is 6. The van der Waals surface area contributed by atoms with E-state index in [1.54, 1.807) is 6.92 Å². The van der Waals surface area contributed by atoms with E-state index in [-0.39, 0.29) is 0 Å². The summed E-state index contributed by atoms with van der Waals surface area (Å²) in [5.74, 6) is 3.55. The number of hydrogen-bond donors (Lipinski definition) is 0. The van der Waals surface area contributed by atoms with Crippen LogP contribution in [0.2, 0.25) is 0 Å². The molecule has 0 saturated carbocycles. The second-order valence-corrected chi connectivity index (χ2v) is 4.66. The molecule has 0 fully saturated rings. The van der Waals surface area contributed by atoms with E-state index >= 15 is 0 Å². The van der Waals surface area contributed by atoms with Gasteiger partial charge in [0, 0.05) is 18.8 Å². The van der Waals surface area contributed by atoms with Gasteiger partial charge >= 0.3 is 0 Å². The minimum absolute atomic E-state index is 0.339. The predicted molar refractivity (Wildman–Crippen MR) is 66.2 cm³/mol. The molecule has 0 aliphatic heterocycles. The van der Waals surface area contributed by atoms with Crippen LogP contribution in [0, 0.1) is 13.8 Å². The molecular formula is C12H20N4O2. The molecule has 100 valence electrons. The van der Waals surface area contributed by atoms with Gasteiger partial charge in [0.2, 0.25) is 11.8 Å². The summed E-state index contributed by atoms with van der Waals surface area (Å²) >= 11 is 0. The van der Waals surface area contributed by atoms with Crippen molar-refractivity contribution >= 4 is 0 Å². The number of rotatable bonds is 2. The molecule has 2 heterocycles. The Morgan fingerprint density at radius 3 is 1.72 bits per heavy atom. The molecule has 0 aromatic carbocycles. The average molecular weight is 252 g/mol. The van der Waals surface area contributed by atoms with Gasteiger partial charge in [-0.05, 0) is 6.92 Å². The molecule has 0 amide bonds. The molecule has 0 saturated heterocycles. The van der Waals surface area contributed by atoms with E-state index in [4.69, 9.17) is 9.05 Å². The summed E-state index contributed by atoms with van der Waals surface area (Å²) < 4.78 is 9.63. The van der Waals surface area contributed by atoms with Crippen LogP contribution in [-0.2, 0) is 0 Å². The van der Waals surface area contributed by atoms with Gasteiger partial charge in [0.25, 0.3) is 0 Å². The summed E-state index contributed by atoms with van der Waals surface area (Å²) in [6.07, 6.45) is 0. The summed E-state index contributed by atoms with van der Waals surface area (Å²) in [5, 5.41) is 7.38. The van der Waals surface area contributed by atoms with Crippen molar-refractivity contribution in [2.75, 3.05) is 0 Å². The number of aryl methyl sites for hydroxylation is 2. The maximum absolute atomic E-state index is 4.86. The van der Waals surface area contributed by atoms with Crippen LogP contribution in [0.15, 0.2) is 9.05 Å². The van der Waals surface area contributed by atoms with Gasteiger partial charge in [-0.3, -0.25) is 0 Å². The third kappa shape index (κ3) is 4.27.